The summed E-state index contributed by atoms with van der Waals surface area (Å²) >= 11 is 0. The van der Waals surface area contributed by atoms with Gasteiger partial charge >= 0.3 is 6.09 Å². The third-order valence-electron chi connectivity index (χ3n) is 7.99. The highest BCUT2D eigenvalue weighted by atomic mass is 16.6. The van der Waals surface area contributed by atoms with Crippen LogP contribution < -0.4 is 10.6 Å². The van der Waals surface area contributed by atoms with Crippen LogP contribution in [0.2, 0.25) is 0 Å². The predicted molar refractivity (Wildman–Crippen MR) is 172 cm³/mol. The number of fused-ring (bicyclic) bond motifs is 1. The molecule has 3 rings (SSSR count). The lowest BCUT2D eigenvalue weighted by atomic mass is 9.88. The van der Waals surface area contributed by atoms with Gasteiger partial charge in [-0.25, -0.2) is 4.79 Å². The number of ether oxygens (including phenoxy) is 1. The van der Waals surface area contributed by atoms with Crippen LogP contribution in [0.3, 0.4) is 0 Å². The number of alkyl carbamates (subject to hydrolysis) is 1. The number of phenols is 1. The topological polar surface area (TPSA) is 108 Å². The Hall–Kier alpha value is -4.07. The first-order chi connectivity index (χ1) is 20.1. The zero-order valence-electron chi connectivity index (χ0n) is 26.9. The molecule has 0 spiro atoms. The molecule has 0 aliphatic carbocycles. The van der Waals surface area contributed by atoms with Crippen molar-refractivity contribution in [2.24, 2.45) is 5.92 Å². The molecular formula is C35H47N3O5. The molecular weight excluding hydrogens is 542 g/mol. The van der Waals surface area contributed by atoms with Gasteiger partial charge in [0.1, 0.15) is 23.4 Å². The highest BCUT2D eigenvalue weighted by Crippen LogP contribution is 2.38. The van der Waals surface area contributed by atoms with Crippen LogP contribution in [0.15, 0.2) is 60.7 Å². The van der Waals surface area contributed by atoms with Crippen LogP contribution in [-0.4, -0.2) is 45.1 Å². The Labute approximate surface area is 255 Å². The Balaban J connectivity index is 2.16. The van der Waals surface area contributed by atoms with Gasteiger partial charge in [-0.2, -0.15) is 0 Å². The molecule has 3 atom stereocenters. The van der Waals surface area contributed by atoms with Gasteiger partial charge in [-0.1, -0.05) is 75.7 Å². The second kappa shape index (κ2) is 13.5. The van der Waals surface area contributed by atoms with Crippen molar-refractivity contribution < 1.29 is 24.2 Å². The van der Waals surface area contributed by atoms with Crippen molar-refractivity contribution in [1.29, 1.82) is 0 Å². The molecule has 0 radical (unpaired) electrons. The number of nitrogens with one attached hydrogen (secondary N) is 2. The number of hydrogen-bond acceptors (Lipinski definition) is 5. The number of aryl methyl sites for hydroxylation is 1. The summed E-state index contributed by atoms with van der Waals surface area (Å²) in [6.07, 6.45) is 0.386. The van der Waals surface area contributed by atoms with Crippen LogP contribution in [0.1, 0.15) is 85.4 Å². The monoisotopic (exact) mass is 589 g/mol. The summed E-state index contributed by atoms with van der Waals surface area (Å²) in [5.74, 6) is -1.26. The summed E-state index contributed by atoms with van der Waals surface area (Å²) in [5.41, 5.74) is -0.167. The second-order valence-electron chi connectivity index (χ2n) is 12.9. The molecule has 0 bridgehead atoms. The molecule has 3 aromatic rings. The van der Waals surface area contributed by atoms with E-state index in [4.69, 9.17) is 4.74 Å². The third kappa shape index (κ3) is 8.06. The summed E-state index contributed by atoms with van der Waals surface area (Å²) in [4.78, 5) is 43.5. The number of carbonyl (C=O) groups is 3. The van der Waals surface area contributed by atoms with Crippen molar-refractivity contribution in [1.82, 2.24) is 10.2 Å². The maximum atomic E-state index is 14.7. The molecule has 3 unspecified atom stereocenters. The minimum absolute atomic E-state index is 0.0638. The van der Waals surface area contributed by atoms with E-state index in [1.165, 1.54) is 4.90 Å². The molecule has 232 valence electrons. The van der Waals surface area contributed by atoms with Gasteiger partial charge in [-0.3, -0.25) is 9.59 Å². The van der Waals surface area contributed by atoms with Crippen LogP contribution in [-0.2, 0) is 14.3 Å². The van der Waals surface area contributed by atoms with E-state index in [-0.39, 0.29) is 11.7 Å². The van der Waals surface area contributed by atoms with Gasteiger partial charge in [0, 0.05) is 16.8 Å². The number of aromatic hydroxyl groups is 1. The number of anilines is 1. The van der Waals surface area contributed by atoms with Crippen LogP contribution in [0.4, 0.5) is 10.5 Å². The lowest BCUT2D eigenvalue weighted by molar-refractivity contribution is -0.148. The molecule has 3 N–H and O–H groups in total. The lowest BCUT2D eigenvalue weighted by Gasteiger charge is -2.45. The van der Waals surface area contributed by atoms with Crippen molar-refractivity contribution in [3.63, 3.8) is 0 Å². The fraction of sp³-hybridized carbons (Fsp3) is 0.457. The average molecular weight is 590 g/mol. The molecule has 43 heavy (non-hydrogen) atoms. The highest BCUT2D eigenvalue weighted by Gasteiger charge is 2.45. The standard InChI is InChI=1S/C35H47N3O5/c1-10-22(3)28(37-33(42)43-34(5,6)7)32(41)38(35(8,9)11-2)29(27-18-14-15-23(4)30(27)39)31(40)36-26-20-19-24-16-12-13-17-25(24)21-26/h12-22,28-29,39H,10-11H2,1-9H3,(H,36,40)(H,37,42). The fourth-order valence-corrected chi connectivity index (χ4v) is 4.99. The normalized spacial score (nSPS) is 14.0. The van der Waals surface area contributed by atoms with Crippen molar-refractivity contribution in [2.75, 3.05) is 5.32 Å². The van der Waals surface area contributed by atoms with E-state index in [0.29, 0.717) is 29.7 Å². The second-order valence-corrected chi connectivity index (χ2v) is 12.9. The maximum absolute atomic E-state index is 14.7. The Morgan fingerprint density at radius 2 is 1.58 bits per heavy atom. The molecule has 0 aliphatic heterocycles. The zero-order valence-corrected chi connectivity index (χ0v) is 26.9. The molecule has 8 nitrogen and oxygen atoms in total. The summed E-state index contributed by atoms with van der Waals surface area (Å²) < 4.78 is 5.51. The molecule has 0 fully saturated rings. The SMILES string of the molecule is CCC(C)C(NC(=O)OC(C)(C)C)C(=O)N(C(C(=O)Nc1ccc2ccccc2c1)c1cccc(C)c1O)C(C)(C)CC. The number of amides is 3. The minimum Gasteiger partial charge on any atom is -0.507 e. The Morgan fingerprint density at radius 1 is 0.930 bits per heavy atom. The molecule has 3 amide bonds. The van der Waals surface area contributed by atoms with Crippen LogP contribution in [0.5, 0.6) is 5.75 Å². The van der Waals surface area contributed by atoms with Crippen molar-refractivity contribution in [3.05, 3.63) is 71.8 Å². The number of hydrogen-bond donors (Lipinski definition) is 3. The molecule has 0 saturated heterocycles. The van der Waals surface area contributed by atoms with Gasteiger partial charge in [0.25, 0.3) is 5.91 Å². The van der Waals surface area contributed by atoms with E-state index in [9.17, 15) is 19.5 Å². The number of benzene rings is 3. The first-order valence-corrected chi connectivity index (χ1v) is 15.0. The quantitative estimate of drug-likeness (QED) is 0.227. The Bertz CT molecular complexity index is 1460. The number of rotatable bonds is 10. The zero-order chi connectivity index (χ0) is 32.1. The van der Waals surface area contributed by atoms with Gasteiger partial charge in [0.05, 0.1) is 0 Å². The number of carbonyl (C=O) groups excluding carboxylic acids is 3. The maximum Gasteiger partial charge on any atom is 0.408 e. The van der Waals surface area contributed by atoms with Gasteiger partial charge in [0.2, 0.25) is 5.91 Å². The first-order valence-electron chi connectivity index (χ1n) is 15.0. The van der Waals surface area contributed by atoms with E-state index < -0.39 is 41.1 Å². The molecule has 0 aliphatic rings. The van der Waals surface area contributed by atoms with Gasteiger partial charge in [0.15, 0.2) is 0 Å². The average Bonchev–Trinajstić information content (AvgIpc) is 2.94. The van der Waals surface area contributed by atoms with Crippen molar-refractivity contribution >= 4 is 34.4 Å². The number of nitrogens with zero attached hydrogens (tertiary/aromatic N) is 1. The molecule has 0 aromatic heterocycles. The van der Waals surface area contributed by atoms with Crippen LogP contribution in [0.25, 0.3) is 10.8 Å². The van der Waals surface area contributed by atoms with E-state index in [1.54, 1.807) is 45.9 Å². The summed E-state index contributed by atoms with van der Waals surface area (Å²) in [5, 5.41) is 19.0. The van der Waals surface area contributed by atoms with Gasteiger partial charge in [-0.05, 0) is 82.3 Å². The van der Waals surface area contributed by atoms with E-state index in [1.807, 2.05) is 77.1 Å². The van der Waals surface area contributed by atoms with Crippen molar-refractivity contribution in [2.45, 2.75) is 98.4 Å². The lowest BCUT2D eigenvalue weighted by Crippen LogP contribution is -2.60. The summed E-state index contributed by atoms with van der Waals surface area (Å²) in [6.45, 7) is 16.5. The van der Waals surface area contributed by atoms with E-state index in [2.05, 4.69) is 10.6 Å². The van der Waals surface area contributed by atoms with Crippen LogP contribution >= 0.6 is 0 Å². The summed E-state index contributed by atoms with van der Waals surface area (Å²) in [6, 6.07) is 16.4. The molecule has 3 aromatic carbocycles. The van der Waals surface area contributed by atoms with E-state index in [0.717, 1.165) is 10.8 Å². The van der Waals surface area contributed by atoms with Crippen LogP contribution in [0, 0.1) is 12.8 Å². The predicted octanol–water partition coefficient (Wildman–Crippen LogP) is 7.49. The minimum atomic E-state index is -1.21. The number of phenolic OH excluding ortho intramolecular Hbond substituents is 1. The Kier molecular flexibility index (Phi) is 10.5. The largest absolute Gasteiger partial charge is 0.507 e. The van der Waals surface area contributed by atoms with Gasteiger partial charge in [-0.15, -0.1) is 0 Å². The molecule has 0 saturated carbocycles. The molecule has 8 heteroatoms. The third-order valence-corrected chi connectivity index (χ3v) is 7.99. The van der Waals surface area contributed by atoms with Crippen molar-refractivity contribution in [3.8, 4) is 5.75 Å². The highest BCUT2D eigenvalue weighted by molar-refractivity contribution is 6.01. The Morgan fingerprint density at radius 3 is 2.19 bits per heavy atom. The number of para-hydroxylation sites is 1. The fourth-order valence-electron chi connectivity index (χ4n) is 4.99. The summed E-state index contributed by atoms with van der Waals surface area (Å²) in [7, 11) is 0. The first kappa shape index (κ1) is 33.4. The van der Waals surface area contributed by atoms with E-state index >= 15 is 0 Å². The molecule has 0 heterocycles. The van der Waals surface area contributed by atoms with Gasteiger partial charge < -0.3 is 25.4 Å². The smallest absolute Gasteiger partial charge is 0.408 e.